The lowest BCUT2D eigenvalue weighted by Crippen LogP contribution is -2.08. The quantitative estimate of drug-likeness (QED) is 0.337. The average molecular weight is 351 g/mol. The van der Waals surface area contributed by atoms with Crippen molar-refractivity contribution in [2.24, 2.45) is 10.2 Å². The third-order valence-electron chi connectivity index (χ3n) is 2.88. The molecule has 1 aromatic rings. The number of nitrogens with one attached hydrogen (secondary N) is 1. The summed E-state index contributed by atoms with van der Waals surface area (Å²) in [6, 6.07) is 2.98. The van der Waals surface area contributed by atoms with E-state index in [-0.39, 0.29) is 35.4 Å². The van der Waals surface area contributed by atoms with E-state index in [9.17, 15) is 14.7 Å². The summed E-state index contributed by atoms with van der Waals surface area (Å²) in [5.41, 5.74) is 0.301. The van der Waals surface area contributed by atoms with Gasteiger partial charge in [-0.1, -0.05) is 0 Å². The molecule has 136 valence electrons. The normalized spacial score (nSPS) is 11.7. The summed E-state index contributed by atoms with van der Waals surface area (Å²) in [5, 5.41) is 19.8. The fraction of sp³-hybridized carbons (Fsp3) is 0.375. The van der Waals surface area contributed by atoms with Crippen LogP contribution in [0, 0.1) is 0 Å². The second kappa shape index (κ2) is 9.26. The molecule has 9 nitrogen and oxygen atoms in total. The zero-order valence-corrected chi connectivity index (χ0v) is 14.7. The zero-order valence-electron chi connectivity index (χ0n) is 14.7. The summed E-state index contributed by atoms with van der Waals surface area (Å²) >= 11 is 0. The third kappa shape index (κ3) is 5.48. The number of methoxy groups -OCH3 is 2. The van der Waals surface area contributed by atoms with E-state index in [4.69, 9.17) is 14.2 Å². The van der Waals surface area contributed by atoms with Gasteiger partial charge in [0.25, 0.3) is 0 Å². The molecule has 0 bridgehead atoms. The molecule has 0 aliphatic rings. The maximum Gasteiger partial charge on any atom is 0.362 e. The molecule has 0 spiro atoms. The maximum absolute atomic E-state index is 11.8. The van der Waals surface area contributed by atoms with E-state index in [1.165, 1.54) is 40.2 Å². The number of rotatable bonds is 7. The Morgan fingerprint density at radius 3 is 2.28 bits per heavy atom. The predicted molar refractivity (Wildman–Crippen MR) is 90.3 cm³/mol. The highest BCUT2D eigenvalue weighted by Gasteiger charge is 2.16. The Bertz CT molecular complexity index is 708. The lowest BCUT2D eigenvalue weighted by atomic mass is 10.2. The number of carbonyl (C=O) groups excluding carboxylic acids is 2. The fourth-order valence-corrected chi connectivity index (χ4v) is 1.81. The molecular formula is C16H21N3O6. The fourth-order valence-electron chi connectivity index (χ4n) is 1.81. The van der Waals surface area contributed by atoms with Crippen LogP contribution in [0.1, 0.15) is 20.8 Å². The first kappa shape index (κ1) is 19.9. The number of allylic oxidation sites excluding steroid dienone is 1. The van der Waals surface area contributed by atoms with E-state index in [0.29, 0.717) is 11.4 Å². The van der Waals surface area contributed by atoms with E-state index < -0.39 is 5.97 Å². The van der Waals surface area contributed by atoms with Crippen LogP contribution in [0.15, 0.2) is 33.8 Å². The van der Waals surface area contributed by atoms with Gasteiger partial charge in [-0.05, 0) is 13.8 Å². The lowest BCUT2D eigenvalue weighted by Gasteiger charge is -2.12. The van der Waals surface area contributed by atoms with Crippen LogP contribution in [0.2, 0.25) is 0 Å². The van der Waals surface area contributed by atoms with Crippen LogP contribution in [-0.2, 0) is 14.3 Å². The Balaban J connectivity index is 3.29. The molecule has 2 N–H and O–H groups in total. The molecule has 0 saturated heterocycles. The molecule has 0 aromatic heterocycles. The molecule has 0 aliphatic carbocycles. The summed E-state index contributed by atoms with van der Waals surface area (Å²) < 4.78 is 15.2. The van der Waals surface area contributed by atoms with Gasteiger partial charge < -0.3 is 24.6 Å². The Labute approximate surface area is 145 Å². The highest BCUT2D eigenvalue weighted by molar-refractivity contribution is 5.91. The number of aliphatic hydroxyl groups excluding tert-OH is 1. The summed E-state index contributed by atoms with van der Waals surface area (Å²) in [6.45, 7) is 4.42. The van der Waals surface area contributed by atoms with E-state index >= 15 is 0 Å². The average Bonchev–Trinajstić information content (AvgIpc) is 2.54. The van der Waals surface area contributed by atoms with Crippen molar-refractivity contribution >= 4 is 23.3 Å². The minimum absolute atomic E-state index is 0.133. The molecule has 0 fully saturated rings. The number of benzene rings is 1. The van der Waals surface area contributed by atoms with Crippen molar-refractivity contribution in [1.82, 2.24) is 0 Å². The first-order valence-corrected chi connectivity index (χ1v) is 7.36. The summed E-state index contributed by atoms with van der Waals surface area (Å²) in [4.78, 5) is 23.0. The van der Waals surface area contributed by atoms with Crippen molar-refractivity contribution in [1.29, 1.82) is 0 Å². The largest absolute Gasteiger partial charge is 0.510 e. The van der Waals surface area contributed by atoms with Crippen molar-refractivity contribution in [2.75, 3.05) is 26.1 Å². The molecule has 25 heavy (non-hydrogen) atoms. The standard InChI is InChI=1S/C16H21N3O6/c1-6-25-16(22)15(9(2)20)19-18-12-8-13(23-4)11(17-10(3)21)7-14(12)24-5/h7-8,20H,6H2,1-5H3,(H,17,21)/b15-9+,19-18?. The van der Waals surface area contributed by atoms with Gasteiger partial charge in [0, 0.05) is 19.1 Å². The van der Waals surface area contributed by atoms with Gasteiger partial charge in [0.15, 0.2) is 0 Å². The van der Waals surface area contributed by atoms with Crippen LogP contribution < -0.4 is 14.8 Å². The molecule has 1 rings (SSSR count). The summed E-state index contributed by atoms with van der Waals surface area (Å²) in [7, 11) is 2.84. The first-order valence-electron chi connectivity index (χ1n) is 7.36. The highest BCUT2D eigenvalue weighted by atomic mass is 16.5. The smallest absolute Gasteiger partial charge is 0.362 e. The number of anilines is 1. The molecule has 1 amide bonds. The van der Waals surface area contributed by atoms with Crippen molar-refractivity contribution in [3.63, 3.8) is 0 Å². The number of amides is 1. The van der Waals surface area contributed by atoms with Gasteiger partial charge in [0.2, 0.25) is 11.6 Å². The lowest BCUT2D eigenvalue weighted by molar-refractivity contribution is -0.138. The molecule has 0 atom stereocenters. The molecular weight excluding hydrogens is 330 g/mol. The van der Waals surface area contributed by atoms with Crippen molar-refractivity contribution in [3.8, 4) is 11.5 Å². The predicted octanol–water partition coefficient (Wildman–Crippen LogP) is 3.10. The van der Waals surface area contributed by atoms with Gasteiger partial charge in [-0.3, -0.25) is 4.79 Å². The van der Waals surface area contributed by atoms with Gasteiger partial charge in [-0.2, -0.15) is 0 Å². The number of carbonyl (C=O) groups is 2. The van der Waals surface area contributed by atoms with Gasteiger partial charge in [0.05, 0.1) is 26.5 Å². The number of nitrogens with zero attached hydrogens (tertiary/aromatic N) is 2. The van der Waals surface area contributed by atoms with Crippen molar-refractivity contribution in [3.05, 3.63) is 23.6 Å². The minimum Gasteiger partial charge on any atom is -0.510 e. The molecule has 0 aliphatic heterocycles. The van der Waals surface area contributed by atoms with Crippen LogP contribution in [-0.4, -0.2) is 37.8 Å². The molecule has 0 radical (unpaired) electrons. The zero-order chi connectivity index (χ0) is 19.0. The Kier molecular flexibility index (Phi) is 7.39. The van der Waals surface area contributed by atoms with Crippen LogP contribution in [0.3, 0.4) is 0 Å². The first-order chi connectivity index (χ1) is 11.8. The van der Waals surface area contributed by atoms with Crippen molar-refractivity contribution < 1.29 is 28.9 Å². The minimum atomic E-state index is -0.799. The molecule has 9 heteroatoms. The van der Waals surface area contributed by atoms with Gasteiger partial charge in [-0.25, -0.2) is 4.79 Å². The maximum atomic E-state index is 11.8. The van der Waals surface area contributed by atoms with Gasteiger partial charge in [-0.15, -0.1) is 10.2 Å². The number of aliphatic hydroxyl groups is 1. The van der Waals surface area contributed by atoms with Crippen LogP contribution in [0.5, 0.6) is 11.5 Å². The molecule has 0 unspecified atom stereocenters. The van der Waals surface area contributed by atoms with Crippen LogP contribution >= 0.6 is 0 Å². The number of azo groups is 1. The topological polar surface area (TPSA) is 119 Å². The van der Waals surface area contributed by atoms with Crippen molar-refractivity contribution in [2.45, 2.75) is 20.8 Å². The Morgan fingerprint density at radius 1 is 1.16 bits per heavy atom. The molecule has 1 aromatic carbocycles. The number of ether oxygens (including phenoxy) is 3. The molecule has 0 saturated carbocycles. The Morgan fingerprint density at radius 2 is 1.80 bits per heavy atom. The Hall–Kier alpha value is -3.10. The second-order valence-electron chi connectivity index (χ2n) is 4.76. The van der Waals surface area contributed by atoms with Crippen LogP contribution in [0.4, 0.5) is 11.4 Å². The van der Waals surface area contributed by atoms with Gasteiger partial charge in [0.1, 0.15) is 22.9 Å². The number of esters is 1. The number of hydrogen-bond donors (Lipinski definition) is 2. The monoisotopic (exact) mass is 351 g/mol. The molecule has 0 heterocycles. The SMILES string of the molecule is CCOC(=O)/C(N=Nc1cc(OC)c(NC(C)=O)cc1OC)=C(/C)O. The van der Waals surface area contributed by atoms with E-state index in [1.54, 1.807) is 6.92 Å². The van der Waals surface area contributed by atoms with Gasteiger partial charge >= 0.3 is 5.97 Å². The summed E-state index contributed by atoms with van der Waals surface area (Å²) in [6.07, 6.45) is 0. The second-order valence-corrected chi connectivity index (χ2v) is 4.76. The summed E-state index contributed by atoms with van der Waals surface area (Å²) in [5.74, 6) is -0.798. The number of hydrogen-bond acceptors (Lipinski definition) is 8. The highest BCUT2D eigenvalue weighted by Crippen LogP contribution is 2.38. The van der Waals surface area contributed by atoms with Crippen LogP contribution in [0.25, 0.3) is 0 Å². The third-order valence-corrected chi connectivity index (χ3v) is 2.88. The van der Waals surface area contributed by atoms with E-state index in [2.05, 4.69) is 15.5 Å². The van der Waals surface area contributed by atoms with E-state index in [0.717, 1.165) is 0 Å². The van der Waals surface area contributed by atoms with E-state index in [1.807, 2.05) is 0 Å².